The highest BCUT2D eigenvalue weighted by Gasteiger charge is 2.17. The molecule has 0 amide bonds. The van der Waals surface area contributed by atoms with Crippen LogP contribution in [0.2, 0.25) is 0 Å². The second kappa shape index (κ2) is 8.53. The van der Waals surface area contributed by atoms with Gasteiger partial charge in [0.15, 0.2) is 11.5 Å². The third kappa shape index (κ3) is 4.51. The molecular formula is C18H17BrO6. The molecule has 0 aliphatic carbocycles. The highest BCUT2D eigenvalue weighted by Crippen LogP contribution is 2.36. The lowest BCUT2D eigenvalue weighted by Gasteiger charge is -2.13. The zero-order chi connectivity index (χ0) is 18.4. The first-order chi connectivity index (χ1) is 12.0. The average Bonchev–Trinajstić information content (AvgIpc) is 2.63. The van der Waals surface area contributed by atoms with Crippen LogP contribution in [0.3, 0.4) is 0 Å². The Labute approximate surface area is 153 Å². The van der Waals surface area contributed by atoms with Crippen LogP contribution in [0.25, 0.3) is 0 Å². The van der Waals surface area contributed by atoms with E-state index in [1.165, 1.54) is 38.5 Å². The number of ether oxygens (including phenoxy) is 4. The van der Waals surface area contributed by atoms with E-state index in [9.17, 15) is 9.59 Å². The Morgan fingerprint density at radius 1 is 1.00 bits per heavy atom. The van der Waals surface area contributed by atoms with Crippen LogP contribution >= 0.6 is 15.9 Å². The van der Waals surface area contributed by atoms with Crippen LogP contribution in [0.4, 0.5) is 0 Å². The second-order valence-corrected chi connectivity index (χ2v) is 5.68. The Balaban J connectivity index is 2.20. The van der Waals surface area contributed by atoms with E-state index < -0.39 is 11.9 Å². The number of carbonyl (C=O) groups is 2. The van der Waals surface area contributed by atoms with Crippen molar-refractivity contribution in [2.75, 3.05) is 20.8 Å². The van der Waals surface area contributed by atoms with Crippen molar-refractivity contribution in [2.24, 2.45) is 0 Å². The lowest BCUT2D eigenvalue weighted by atomic mass is 10.2. The lowest BCUT2D eigenvalue weighted by Crippen LogP contribution is -2.10. The predicted octanol–water partition coefficient (Wildman–Crippen LogP) is 3.86. The molecule has 6 nitrogen and oxygen atoms in total. The van der Waals surface area contributed by atoms with Gasteiger partial charge in [-0.05, 0) is 59.3 Å². The van der Waals surface area contributed by atoms with Gasteiger partial charge in [-0.15, -0.1) is 0 Å². The van der Waals surface area contributed by atoms with E-state index >= 15 is 0 Å². The van der Waals surface area contributed by atoms with Crippen LogP contribution < -0.4 is 14.2 Å². The molecule has 132 valence electrons. The monoisotopic (exact) mass is 408 g/mol. The van der Waals surface area contributed by atoms with Gasteiger partial charge >= 0.3 is 11.9 Å². The van der Waals surface area contributed by atoms with E-state index in [2.05, 4.69) is 20.7 Å². The van der Waals surface area contributed by atoms with Crippen molar-refractivity contribution in [3.63, 3.8) is 0 Å². The summed E-state index contributed by atoms with van der Waals surface area (Å²) in [6, 6.07) is 9.21. The number of hydrogen-bond acceptors (Lipinski definition) is 6. The van der Waals surface area contributed by atoms with Crippen molar-refractivity contribution >= 4 is 27.9 Å². The van der Waals surface area contributed by atoms with Crippen molar-refractivity contribution in [3.8, 4) is 17.2 Å². The summed E-state index contributed by atoms with van der Waals surface area (Å²) in [5, 5.41) is 0. The fourth-order valence-corrected chi connectivity index (χ4v) is 2.62. The highest BCUT2D eigenvalue weighted by molar-refractivity contribution is 9.10. The summed E-state index contributed by atoms with van der Waals surface area (Å²) in [6.07, 6.45) is 0. The van der Waals surface area contributed by atoms with Gasteiger partial charge in [-0.3, -0.25) is 0 Å². The summed E-state index contributed by atoms with van der Waals surface area (Å²) >= 11 is 3.36. The van der Waals surface area contributed by atoms with Gasteiger partial charge in [-0.1, -0.05) is 0 Å². The van der Waals surface area contributed by atoms with Crippen molar-refractivity contribution in [2.45, 2.75) is 6.92 Å². The molecule has 0 aliphatic rings. The average molecular weight is 409 g/mol. The molecule has 2 aromatic rings. The Morgan fingerprint density at radius 2 is 1.68 bits per heavy atom. The molecule has 0 aliphatic heterocycles. The number of hydrogen-bond donors (Lipinski definition) is 0. The van der Waals surface area contributed by atoms with E-state index in [1.54, 1.807) is 12.1 Å². The second-order valence-electron chi connectivity index (χ2n) is 4.83. The van der Waals surface area contributed by atoms with Crippen molar-refractivity contribution in [1.82, 2.24) is 0 Å². The summed E-state index contributed by atoms with van der Waals surface area (Å²) in [7, 11) is 2.79. The number of esters is 2. The third-order valence-corrected chi connectivity index (χ3v) is 3.83. The molecule has 2 aromatic carbocycles. The van der Waals surface area contributed by atoms with Crippen LogP contribution in [-0.4, -0.2) is 32.8 Å². The minimum atomic E-state index is -0.562. The summed E-state index contributed by atoms with van der Waals surface area (Å²) in [5.74, 6) is 0.223. The van der Waals surface area contributed by atoms with E-state index in [4.69, 9.17) is 14.2 Å². The van der Waals surface area contributed by atoms with Crippen LogP contribution in [0, 0.1) is 0 Å². The van der Waals surface area contributed by atoms with Gasteiger partial charge in [-0.25, -0.2) is 9.59 Å². The normalized spacial score (nSPS) is 10.1. The fraction of sp³-hybridized carbons (Fsp3) is 0.222. The van der Waals surface area contributed by atoms with Gasteiger partial charge < -0.3 is 18.9 Å². The predicted molar refractivity (Wildman–Crippen MR) is 94.6 cm³/mol. The zero-order valence-corrected chi connectivity index (χ0v) is 15.6. The van der Waals surface area contributed by atoms with Crippen LogP contribution in [0.15, 0.2) is 40.9 Å². The maximum atomic E-state index is 12.3. The molecule has 7 heteroatoms. The molecule has 0 saturated carbocycles. The van der Waals surface area contributed by atoms with Crippen LogP contribution in [0.1, 0.15) is 27.6 Å². The van der Waals surface area contributed by atoms with Crippen molar-refractivity contribution < 1.29 is 28.5 Å². The topological polar surface area (TPSA) is 71.1 Å². The summed E-state index contributed by atoms with van der Waals surface area (Å²) < 4.78 is 21.3. The molecule has 0 aromatic heterocycles. The number of methoxy groups -OCH3 is 2. The molecule has 2 rings (SSSR count). The maximum absolute atomic E-state index is 12.3. The third-order valence-electron chi connectivity index (χ3n) is 3.24. The van der Waals surface area contributed by atoms with Crippen LogP contribution in [-0.2, 0) is 4.74 Å². The lowest BCUT2D eigenvalue weighted by molar-refractivity contribution is 0.0600. The number of carbonyl (C=O) groups excluding carboxylic acids is 2. The zero-order valence-electron chi connectivity index (χ0n) is 14.0. The minimum absolute atomic E-state index is 0.296. The van der Waals surface area contributed by atoms with Gasteiger partial charge in [0.2, 0.25) is 0 Å². The summed E-state index contributed by atoms with van der Waals surface area (Å²) in [5.41, 5.74) is 0.664. The molecule has 0 atom stereocenters. The fourth-order valence-electron chi connectivity index (χ4n) is 2.06. The Bertz CT molecular complexity index is 770. The van der Waals surface area contributed by atoms with Gasteiger partial charge in [0.1, 0.15) is 5.75 Å². The molecular weight excluding hydrogens is 392 g/mol. The standard InChI is InChI=1S/C18H17BrO6/c1-4-24-16-14(19)9-12(10-15(16)22-2)18(21)25-13-7-5-11(6-8-13)17(20)23-3/h5-10H,4H2,1-3H3. The first-order valence-corrected chi connectivity index (χ1v) is 8.20. The Kier molecular flexibility index (Phi) is 6.41. The molecule has 0 spiro atoms. The van der Waals surface area contributed by atoms with Crippen LogP contribution in [0.5, 0.6) is 17.2 Å². The number of rotatable bonds is 6. The molecule has 0 radical (unpaired) electrons. The largest absolute Gasteiger partial charge is 0.493 e. The molecule has 0 fully saturated rings. The first kappa shape index (κ1) is 18.8. The van der Waals surface area contributed by atoms with Crippen molar-refractivity contribution in [1.29, 1.82) is 0 Å². The molecule has 0 saturated heterocycles. The Morgan fingerprint density at radius 3 is 2.24 bits per heavy atom. The molecule has 0 N–H and O–H groups in total. The maximum Gasteiger partial charge on any atom is 0.343 e. The van der Waals surface area contributed by atoms with Crippen molar-refractivity contribution in [3.05, 3.63) is 52.0 Å². The SMILES string of the molecule is CCOc1c(Br)cc(C(=O)Oc2ccc(C(=O)OC)cc2)cc1OC. The summed E-state index contributed by atoms with van der Waals surface area (Å²) in [6.45, 7) is 2.32. The van der Waals surface area contributed by atoms with E-state index in [0.717, 1.165) is 0 Å². The quantitative estimate of drug-likeness (QED) is 0.533. The molecule has 0 unspecified atom stereocenters. The first-order valence-electron chi connectivity index (χ1n) is 7.41. The van der Waals surface area contributed by atoms with Gasteiger partial charge in [0.05, 0.1) is 36.4 Å². The molecule has 0 bridgehead atoms. The van der Waals surface area contributed by atoms with E-state index in [-0.39, 0.29) is 0 Å². The molecule has 0 heterocycles. The summed E-state index contributed by atoms with van der Waals surface area (Å²) in [4.78, 5) is 23.7. The van der Waals surface area contributed by atoms with Gasteiger partial charge in [-0.2, -0.15) is 0 Å². The number of halogens is 1. The molecule has 25 heavy (non-hydrogen) atoms. The van der Waals surface area contributed by atoms with E-state index in [0.29, 0.717) is 39.5 Å². The van der Waals surface area contributed by atoms with Gasteiger partial charge in [0, 0.05) is 0 Å². The highest BCUT2D eigenvalue weighted by atomic mass is 79.9. The number of benzene rings is 2. The minimum Gasteiger partial charge on any atom is -0.493 e. The van der Waals surface area contributed by atoms with Gasteiger partial charge in [0.25, 0.3) is 0 Å². The Hall–Kier alpha value is -2.54. The smallest absolute Gasteiger partial charge is 0.343 e. The van der Waals surface area contributed by atoms with E-state index in [1.807, 2.05) is 6.92 Å².